The fraction of sp³-hybridized carbons (Fsp3) is 0.364. The predicted octanol–water partition coefficient (Wildman–Crippen LogP) is 3.12. The van der Waals surface area contributed by atoms with Gasteiger partial charge in [0, 0.05) is 23.7 Å². The highest BCUT2D eigenvalue weighted by Gasteiger charge is 2.05. The van der Waals surface area contributed by atoms with Crippen LogP contribution in [0.2, 0.25) is 0 Å². The van der Waals surface area contributed by atoms with Gasteiger partial charge in [-0.05, 0) is 12.1 Å². The van der Waals surface area contributed by atoms with Crippen molar-refractivity contribution in [1.29, 1.82) is 0 Å². The third-order valence-electron chi connectivity index (χ3n) is 2.07. The summed E-state index contributed by atoms with van der Waals surface area (Å²) in [5.41, 5.74) is 1.16. The number of rotatable bonds is 3. The van der Waals surface area contributed by atoms with Crippen molar-refractivity contribution < 1.29 is 0 Å². The summed E-state index contributed by atoms with van der Waals surface area (Å²) in [5, 5.41) is 3.38. The van der Waals surface area contributed by atoms with E-state index in [1.807, 2.05) is 12.1 Å². The highest BCUT2D eigenvalue weighted by Crippen LogP contribution is 2.19. The summed E-state index contributed by atoms with van der Waals surface area (Å²) in [6, 6.07) is 4.07. The highest BCUT2D eigenvalue weighted by atomic mass is 32.1. The molecule has 0 aliphatic rings. The van der Waals surface area contributed by atoms with Gasteiger partial charge in [0.05, 0.1) is 17.2 Å². The topological polar surface area (TPSA) is 17.8 Å². The van der Waals surface area contributed by atoms with Crippen LogP contribution in [0.4, 0.5) is 0 Å². The van der Waals surface area contributed by atoms with Crippen LogP contribution in [0.5, 0.6) is 0 Å². The molecule has 0 saturated carbocycles. The van der Waals surface area contributed by atoms with Gasteiger partial charge in [0.15, 0.2) is 0 Å². The van der Waals surface area contributed by atoms with Gasteiger partial charge in [0.25, 0.3) is 0 Å². The monoisotopic (exact) mass is 206 g/mol. The van der Waals surface area contributed by atoms with E-state index in [4.69, 9.17) is 0 Å². The molecule has 14 heavy (non-hydrogen) atoms. The second kappa shape index (κ2) is 3.96. The standard InChI is InChI=1S/C11H14N2S/c1-9(2)11-12-10(8-14-11)7-13-5-3-4-6-13/h3-6,8-9H,7H2,1-2H3. The lowest BCUT2D eigenvalue weighted by Gasteiger charge is -1.99. The lowest BCUT2D eigenvalue weighted by molar-refractivity contribution is 0.768. The van der Waals surface area contributed by atoms with Gasteiger partial charge < -0.3 is 4.57 Å². The van der Waals surface area contributed by atoms with Crippen LogP contribution in [-0.4, -0.2) is 9.55 Å². The number of thiazole rings is 1. The summed E-state index contributed by atoms with van der Waals surface area (Å²) in [5.74, 6) is 0.540. The SMILES string of the molecule is CC(C)c1nc(Cn2cccc2)cs1. The van der Waals surface area contributed by atoms with Crippen molar-refractivity contribution >= 4 is 11.3 Å². The van der Waals surface area contributed by atoms with Crippen LogP contribution in [0.3, 0.4) is 0 Å². The van der Waals surface area contributed by atoms with E-state index in [0.717, 1.165) is 12.2 Å². The average Bonchev–Trinajstić information content (AvgIpc) is 2.75. The molecule has 0 aromatic carbocycles. The van der Waals surface area contributed by atoms with Crippen molar-refractivity contribution in [3.8, 4) is 0 Å². The third kappa shape index (κ3) is 2.04. The van der Waals surface area contributed by atoms with Crippen LogP contribution in [-0.2, 0) is 6.54 Å². The molecule has 0 saturated heterocycles. The Bertz CT molecular complexity index is 387. The lowest BCUT2D eigenvalue weighted by atomic mass is 10.2. The van der Waals surface area contributed by atoms with Gasteiger partial charge in [0.1, 0.15) is 0 Å². The van der Waals surface area contributed by atoms with Gasteiger partial charge in [-0.3, -0.25) is 0 Å². The van der Waals surface area contributed by atoms with E-state index in [9.17, 15) is 0 Å². The minimum atomic E-state index is 0.540. The molecule has 0 bridgehead atoms. The molecule has 0 unspecified atom stereocenters. The van der Waals surface area contributed by atoms with Crippen molar-refractivity contribution in [2.45, 2.75) is 26.3 Å². The normalized spacial score (nSPS) is 11.1. The molecule has 0 atom stereocenters. The summed E-state index contributed by atoms with van der Waals surface area (Å²) in [7, 11) is 0. The van der Waals surface area contributed by atoms with Gasteiger partial charge in [-0.25, -0.2) is 4.98 Å². The summed E-state index contributed by atoms with van der Waals surface area (Å²) in [6.07, 6.45) is 4.13. The lowest BCUT2D eigenvalue weighted by Crippen LogP contribution is -1.97. The molecule has 2 nitrogen and oxygen atoms in total. The number of hydrogen-bond donors (Lipinski definition) is 0. The van der Waals surface area contributed by atoms with E-state index in [0.29, 0.717) is 5.92 Å². The molecule has 0 fully saturated rings. The number of aromatic nitrogens is 2. The molecule has 0 radical (unpaired) electrons. The average molecular weight is 206 g/mol. The molecule has 0 aliphatic heterocycles. The van der Waals surface area contributed by atoms with Crippen LogP contribution in [0.15, 0.2) is 29.9 Å². The van der Waals surface area contributed by atoms with Crippen LogP contribution in [0, 0.1) is 0 Å². The molecular formula is C11H14N2S. The summed E-state index contributed by atoms with van der Waals surface area (Å²) in [4.78, 5) is 4.58. The smallest absolute Gasteiger partial charge is 0.0954 e. The Kier molecular flexibility index (Phi) is 2.68. The van der Waals surface area contributed by atoms with Gasteiger partial charge in [-0.1, -0.05) is 13.8 Å². The molecule has 74 valence electrons. The maximum Gasteiger partial charge on any atom is 0.0954 e. The highest BCUT2D eigenvalue weighted by molar-refractivity contribution is 7.09. The van der Waals surface area contributed by atoms with E-state index in [-0.39, 0.29) is 0 Å². The first-order valence-corrected chi connectivity index (χ1v) is 5.68. The quantitative estimate of drug-likeness (QED) is 0.754. The second-order valence-corrected chi connectivity index (χ2v) is 4.58. The van der Waals surface area contributed by atoms with Crippen molar-refractivity contribution in [3.63, 3.8) is 0 Å². The van der Waals surface area contributed by atoms with Crippen LogP contribution in [0.1, 0.15) is 30.5 Å². The molecule has 3 heteroatoms. The van der Waals surface area contributed by atoms with E-state index in [1.54, 1.807) is 11.3 Å². The molecule has 0 aliphatic carbocycles. The summed E-state index contributed by atoms with van der Waals surface area (Å²) in [6.45, 7) is 5.24. The molecule has 0 amide bonds. The Hall–Kier alpha value is -1.09. The Morgan fingerprint density at radius 1 is 1.36 bits per heavy atom. The van der Waals surface area contributed by atoms with Gasteiger partial charge in [-0.2, -0.15) is 0 Å². The number of nitrogens with zero attached hydrogens (tertiary/aromatic N) is 2. The molecule has 2 heterocycles. The molecule has 2 rings (SSSR count). The Morgan fingerprint density at radius 3 is 2.64 bits per heavy atom. The Balaban J connectivity index is 2.11. The van der Waals surface area contributed by atoms with Crippen LogP contribution < -0.4 is 0 Å². The number of hydrogen-bond acceptors (Lipinski definition) is 2. The summed E-state index contributed by atoms with van der Waals surface area (Å²) >= 11 is 1.76. The van der Waals surface area contributed by atoms with E-state index >= 15 is 0 Å². The first kappa shape index (κ1) is 9.46. The molecule has 2 aromatic rings. The van der Waals surface area contributed by atoms with Gasteiger partial charge >= 0.3 is 0 Å². The zero-order chi connectivity index (χ0) is 9.97. The predicted molar refractivity (Wildman–Crippen MR) is 59.7 cm³/mol. The maximum absolute atomic E-state index is 4.58. The largest absolute Gasteiger partial charge is 0.348 e. The van der Waals surface area contributed by atoms with Gasteiger partial charge in [0.2, 0.25) is 0 Å². The van der Waals surface area contributed by atoms with Gasteiger partial charge in [-0.15, -0.1) is 11.3 Å². The minimum Gasteiger partial charge on any atom is -0.348 e. The van der Waals surface area contributed by atoms with Crippen molar-refractivity contribution in [2.24, 2.45) is 0 Å². The molecule has 2 aromatic heterocycles. The first-order chi connectivity index (χ1) is 6.75. The molecular weight excluding hydrogens is 192 g/mol. The molecule has 0 N–H and O–H groups in total. The second-order valence-electron chi connectivity index (χ2n) is 3.69. The zero-order valence-electron chi connectivity index (χ0n) is 8.47. The van der Waals surface area contributed by atoms with E-state index in [1.165, 1.54) is 5.01 Å². The van der Waals surface area contributed by atoms with Crippen molar-refractivity contribution in [2.75, 3.05) is 0 Å². The third-order valence-corrected chi connectivity index (χ3v) is 3.27. The Morgan fingerprint density at radius 2 is 2.07 bits per heavy atom. The summed E-state index contributed by atoms with van der Waals surface area (Å²) < 4.78 is 2.14. The first-order valence-electron chi connectivity index (χ1n) is 4.81. The van der Waals surface area contributed by atoms with E-state index in [2.05, 4.69) is 41.2 Å². The minimum absolute atomic E-state index is 0.540. The van der Waals surface area contributed by atoms with Crippen LogP contribution >= 0.6 is 11.3 Å². The molecule has 0 spiro atoms. The van der Waals surface area contributed by atoms with Crippen LogP contribution in [0.25, 0.3) is 0 Å². The fourth-order valence-electron chi connectivity index (χ4n) is 1.32. The van der Waals surface area contributed by atoms with E-state index < -0.39 is 0 Å². The zero-order valence-corrected chi connectivity index (χ0v) is 9.29. The maximum atomic E-state index is 4.58. The fourth-order valence-corrected chi connectivity index (χ4v) is 2.15. The Labute approximate surface area is 88.2 Å². The van der Waals surface area contributed by atoms with Crippen molar-refractivity contribution in [3.05, 3.63) is 40.6 Å². The van der Waals surface area contributed by atoms with Crippen molar-refractivity contribution in [1.82, 2.24) is 9.55 Å².